The number of carbonyl (C=O) groups excluding carboxylic acids is 1. The Hall–Kier alpha value is -0.570. The SMILES string of the molecule is CCCCN(C(=O)COCC1CC1)C(C)CC. The Labute approximate surface area is 106 Å². The summed E-state index contributed by atoms with van der Waals surface area (Å²) in [6.07, 6.45) is 5.78. The molecule has 0 aromatic heterocycles. The molecule has 3 nitrogen and oxygen atoms in total. The number of unbranched alkanes of at least 4 members (excludes halogenated alkanes) is 1. The monoisotopic (exact) mass is 241 g/mol. The quantitative estimate of drug-likeness (QED) is 0.621. The molecular weight excluding hydrogens is 214 g/mol. The number of hydrogen-bond donors (Lipinski definition) is 0. The fourth-order valence-electron chi connectivity index (χ4n) is 1.82. The first-order valence-electron chi connectivity index (χ1n) is 7.06. The zero-order chi connectivity index (χ0) is 12.7. The van der Waals surface area contributed by atoms with Crippen LogP contribution >= 0.6 is 0 Å². The van der Waals surface area contributed by atoms with Crippen molar-refractivity contribution in [1.82, 2.24) is 4.90 Å². The minimum absolute atomic E-state index is 0.161. The molecular formula is C14H27NO2. The molecule has 1 unspecified atom stereocenters. The van der Waals surface area contributed by atoms with Gasteiger partial charge in [0.25, 0.3) is 0 Å². The van der Waals surface area contributed by atoms with Crippen molar-refractivity contribution >= 4 is 5.91 Å². The van der Waals surface area contributed by atoms with Crippen LogP contribution in [0.2, 0.25) is 0 Å². The fraction of sp³-hybridized carbons (Fsp3) is 0.929. The smallest absolute Gasteiger partial charge is 0.248 e. The van der Waals surface area contributed by atoms with E-state index in [4.69, 9.17) is 4.74 Å². The van der Waals surface area contributed by atoms with Crippen LogP contribution in [0.4, 0.5) is 0 Å². The molecule has 0 radical (unpaired) electrons. The van der Waals surface area contributed by atoms with Crippen molar-refractivity contribution in [2.75, 3.05) is 19.8 Å². The molecule has 1 saturated carbocycles. The second kappa shape index (κ2) is 7.70. The molecule has 0 aromatic rings. The van der Waals surface area contributed by atoms with Gasteiger partial charge in [-0.2, -0.15) is 0 Å². The highest BCUT2D eigenvalue weighted by Gasteiger charge is 2.23. The van der Waals surface area contributed by atoms with E-state index < -0.39 is 0 Å². The van der Waals surface area contributed by atoms with Crippen LogP contribution < -0.4 is 0 Å². The van der Waals surface area contributed by atoms with Gasteiger partial charge in [0.2, 0.25) is 5.91 Å². The highest BCUT2D eigenvalue weighted by atomic mass is 16.5. The lowest BCUT2D eigenvalue weighted by molar-refractivity contribution is -0.138. The van der Waals surface area contributed by atoms with E-state index in [2.05, 4.69) is 20.8 Å². The molecule has 0 N–H and O–H groups in total. The van der Waals surface area contributed by atoms with E-state index in [1.807, 2.05) is 4.90 Å². The number of rotatable bonds is 9. The summed E-state index contributed by atoms with van der Waals surface area (Å²) in [5, 5.41) is 0. The fourth-order valence-corrected chi connectivity index (χ4v) is 1.82. The normalized spacial score (nSPS) is 16.9. The van der Waals surface area contributed by atoms with Gasteiger partial charge in [0.1, 0.15) is 6.61 Å². The summed E-state index contributed by atoms with van der Waals surface area (Å²) in [5.74, 6) is 0.893. The van der Waals surface area contributed by atoms with Gasteiger partial charge in [-0.05, 0) is 38.5 Å². The average molecular weight is 241 g/mol. The highest BCUT2D eigenvalue weighted by Crippen LogP contribution is 2.28. The standard InChI is InChI=1S/C14H27NO2/c1-4-6-9-15(12(3)5-2)14(16)11-17-10-13-7-8-13/h12-13H,4-11H2,1-3H3. The van der Waals surface area contributed by atoms with E-state index in [9.17, 15) is 4.79 Å². The third-order valence-electron chi connectivity index (χ3n) is 3.47. The maximum Gasteiger partial charge on any atom is 0.248 e. The lowest BCUT2D eigenvalue weighted by Crippen LogP contribution is -2.41. The van der Waals surface area contributed by atoms with Crippen molar-refractivity contribution in [2.24, 2.45) is 5.92 Å². The topological polar surface area (TPSA) is 29.5 Å². The van der Waals surface area contributed by atoms with Gasteiger partial charge in [0, 0.05) is 12.6 Å². The van der Waals surface area contributed by atoms with Crippen molar-refractivity contribution in [3.05, 3.63) is 0 Å². The molecule has 3 heteroatoms. The van der Waals surface area contributed by atoms with E-state index in [1.165, 1.54) is 12.8 Å². The minimum atomic E-state index is 0.161. The van der Waals surface area contributed by atoms with Gasteiger partial charge >= 0.3 is 0 Å². The molecule has 0 heterocycles. The molecule has 17 heavy (non-hydrogen) atoms. The number of hydrogen-bond acceptors (Lipinski definition) is 2. The molecule has 0 saturated heterocycles. The molecule has 1 rings (SSSR count). The van der Waals surface area contributed by atoms with Crippen molar-refractivity contribution in [3.8, 4) is 0 Å². The largest absolute Gasteiger partial charge is 0.371 e. The van der Waals surface area contributed by atoms with Crippen LogP contribution in [0.15, 0.2) is 0 Å². The van der Waals surface area contributed by atoms with Gasteiger partial charge in [-0.1, -0.05) is 20.3 Å². The molecule has 1 aliphatic rings. The predicted molar refractivity (Wildman–Crippen MR) is 69.9 cm³/mol. The minimum Gasteiger partial charge on any atom is -0.371 e. The van der Waals surface area contributed by atoms with E-state index in [1.54, 1.807) is 0 Å². The first kappa shape index (κ1) is 14.5. The van der Waals surface area contributed by atoms with E-state index >= 15 is 0 Å². The third kappa shape index (κ3) is 5.53. The molecule has 100 valence electrons. The third-order valence-corrected chi connectivity index (χ3v) is 3.47. The Morgan fingerprint density at radius 1 is 1.41 bits per heavy atom. The summed E-state index contributed by atoms with van der Waals surface area (Å²) in [5.41, 5.74) is 0. The summed E-state index contributed by atoms with van der Waals surface area (Å²) in [4.78, 5) is 14.0. The van der Waals surface area contributed by atoms with Crippen LogP contribution in [-0.2, 0) is 9.53 Å². The van der Waals surface area contributed by atoms with Crippen LogP contribution in [-0.4, -0.2) is 36.6 Å². The molecule has 1 atom stereocenters. The summed E-state index contributed by atoms with van der Waals surface area (Å²) in [7, 11) is 0. The molecule has 1 amide bonds. The average Bonchev–Trinajstić information content (AvgIpc) is 3.13. The van der Waals surface area contributed by atoms with Crippen molar-refractivity contribution in [3.63, 3.8) is 0 Å². The zero-order valence-electron chi connectivity index (χ0n) is 11.6. The Morgan fingerprint density at radius 2 is 2.12 bits per heavy atom. The molecule has 0 aliphatic heterocycles. The van der Waals surface area contributed by atoms with E-state index in [0.29, 0.717) is 6.04 Å². The van der Waals surface area contributed by atoms with Gasteiger partial charge in [-0.3, -0.25) is 4.79 Å². The van der Waals surface area contributed by atoms with E-state index in [-0.39, 0.29) is 12.5 Å². The Balaban J connectivity index is 2.28. The Kier molecular flexibility index (Phi) is 6.56. The lowest BCUT2D eigenvalue weighted by Gasteiger charge is -2.28. The molecule has 1 fully saturated rings. The Bertz CT molecular complexity index is 226. The highest BCUT2D eigenvalue weighted by molar-refractivity contribution is 5.77. The molecule has 0 bridgehead atoms. The summed E-state index contributed by atoms with van der Waals surface area (Å²) in [6, 6.07) is 0.332. The van der Waals surface area contributed by atoms with Gasteiger partial charge in [0.05, 0.1) is 6.61 Å². The summed E-state index contributed by atoms with van der Waals surface area (Å²) in [6.45, 7) is 8.31. The lowest BCUT2D eigenvalue weighted by atomic mass is 10.2. The zero-order valence-corrected chi connectivity index (χ0v) is 11.6. The number of nitrogens with zero attached hydrogens (tertiary/aromatic N) is 1. The van der Waals surface area contributed by atoms with Crippen LogP contribution in [0.25, 0.3) is 0 Å². The van der Waals surface area contributed by atoms with Gasteiger partial charge in [-0.25, -0.2) is 0 Å². The van der Waals surface area contributed by atoms with Crippen LogP contribution in [0.5, 0.6) is 0 Å². The molecule has 1 aliphatic carbocycles. The molecule has 0 aromatic carbocycles. The van der Waals surface area contributed by atoms with Crippen molar-refractivity contribution in [1.29, 1.82) is 0 Å². The summed E-state index contributed by atoms with van der Waals surface area (Å²) >= 11 is 0. The maximum absolute atomic E-state index is 12.1. The first-order valence-corrected chi connectivity index (χ1v) is 7.06. The molecule has 0 spiro atoms. The van der Waals surface area contributed by atoms with Gasteiger partial charge in [-0.15, -0.1) is 0 Å². The van der Waals surface area contributed by atoms with Crippen LogP contribution in [0.3, 0.4) is 0 Å². The number of carbonyl (C=O) groups is 1. The van der Waals surface area contributed by atoms with E-state index in [0.717, 1.165) is 38.3 Å². The second-order valence-corrected chi connectivity index (χ2v) is 5.16. The van der Waals surface area contributed by atoms with Gasteiger partial charge in [0.15, 0.2) is 0 Å². The number of ether oxygens (including phenoxy) is 1. The van der Waals surface area contributed by atoms with Crippen molar-refractivity contribution < 1.29 is 9.53 Å². The van der Waals surface area contributed by atoms with Gasteiger partial charge < -0.3 is 9.64 Å². The second-order valence-electron chi connectivity index (χ2n) is 5.16. The number of amides is 1. The van der Waals surface area contributed by atoms with Crippen molar-refractivity contribution in [2.45, 2.75) is 58.9 Å². The summed E-state index contributed by atoms with van der Waals surface area (Å²) < 4.78 is 5.48. The first-order chi connectivity index (χ1) is 8.19. The van der Waals surface area contributed by atoms with Crippen LogP contribution in [0.1, 0.15) is 52.9 Å². The Morgan fingerprint density at radius 3 is 2.65 bits per heavy atom. The maximum atomic E-state index is 12.1. The predicted octanol–water partition coefficient (Wildman–Crippen LogP) is 2.84. The van der Waals surface area contributed by atoms with Crippen LogP contribution in [0, 0.1) is 5.92 Å².